The molecule has 1 heterocycles. The van der Waals surface area contributed by atoms with Crippen molar-refractivity contribution in [1.82, 2.24) is 4.98 Å². The molecule has 1 unspecified atom stereocenters. The molecule has 0 saturated heterocycles. The van der Waals surface area contributed by atoms with E-state index in [0.717, 1.165) is 22.7 Å². The molecule has 0 aliphatic carbocycles. The fourth-order valence-electron chi connectivity index (χ4n) is 1.99. The Hall–Kier alpha value is -1.39. The number of aromatic nitrogens is 1. The molecule has 1 aromatic carbocycles. The van der Waals surface area contributed by atoms with Gasteiger partial charge in [-0.3, -0.25) is 4.79 Å². The molecule has 1 atom stereocenters. The highest BCUT2D eigenvalue weighted by molar-refractivity contribution is 7.15. The van der Waals surface area contributed by atoms with Crippen molar-refractivity contribution in [3.8, 4) is 10.6 Å². The summed E-state index contributed by atoms with van der Waals surface area (Å²) in [6.45, 7) is 5.77. The zero-order valence-electron chi connectivity index (χ0n) is 11.6. The van der Waals surface area contributed by atoms with Crippen LogP contribution in [0.25, 0.3) is 10.6 Å². The first kappa shape index (κ1) is 15.0. The highest BCUT2D eigenvalue weighted by Crippen LogP contribution is 2.34. The van der Waals surface area contributed by atoms with Crippen LogP contribution in [0.15, 0.2) is 18.2 Å². The Morgan fingerprint density at radius 1 is 1.50 bits per heavy atom. The molecule has 2 rings (SSSR count). The Kier molecular flexibility index (Phi) is 4.45. The van der Waals surface area contributed by atoms with E-state index in [-0.39, 0.29) is 0 Å². The van der Waals surface area contributed by atoms with E-state index in [4.69, 9.17) is 16.7 Å². The van der Waals surface area contributed by atoms with Crippen molar-refractivity contribution in [2.75, 3.05) is 0 Å². The van der Waals surface area contributed by atoms with E-state index in [0.29, 0.717) is 10.6 Å². The Labute approximate surface area is 127 Å². The third-order valence-electron chi connectivity index (χ3n) is 3.32. The molecular formula is C15H16ClNO2S. The summed E-state index contributed by atoms with van der Waals surface area (Å²) in [6.07, 6.45) is 0.897. The second-order valence-electron chi connectivity index (χ2n) is 4.67. The molecule has 0 aliphatic rings. The van der Waals surface area contributed by atoms with E-state index in [1.807, 2.05) is 12.1 Å². The largest absolute Gasteiger partial charge is 0.481 e. The summed E-state index contributed by atoms with van der Waals surface area (Å²) in [4.78, 5) is 16.8. The predicted molar refractivity (Wildman–Crippen MR) is 82.7 cm³/mol. The van der Waals surface area contributed by atoms with Gasteiger partial charge in [0.25, 0.3) is 0 Å². The normalized spacial score (nSPS) is 12.4. The molecule has 0 fully saturated rings. The van der Waals surface area contributed by atoms with Gasteiger partial charge < -0.3 is 5.11 Å². The van der Waals surface area contributed by atoms with E-state index in [1.165, 1.54) is 4.88 Å². The van der Waals surface area contributed by atoms with Crippen LogP contribution in [-0.2, 0) is 11.2 Å². The minimum Gasteiger partial charge on any atom is -0.481 e. The molecule has 20 heavy (non-hydrogen) atoms. The van der Waals surface area contributed by atoms with Crippen molar-refractivity contribution < 1.29 is 9.90 Å². The van der Waals surface area contributed by atoms with Crippen LogP contribution >= 0.6 is 22.9 Å². The van der Waals surface area contributed by atoms with Gasteiger partial charge in [0, 0.05) is 10.4 Å². The summed E-state index contributed by atoms with van der Waals surface area (Å²) >= 11 is 7.91. The van der Waals surface area contributed by atoms with E-state index < -0.39 is 11.9 Å². The van der Waals surface area contributed by atoms with Gasteiger partial charge in [-0.2, -0.15) is 0 Å². The van der Waals surface area contributed by atoms with Gasteiger partial charge in [-0.15, -0.1) is 11.3 Å². The van der Waals surface area contributed by atoms with Crippen LogP contribution in [0.5, 0.6) is 0 Å². The number of thiazole rings is 1. The smallest absolute Gasteiger partial charge is 0.310 e. The van der Waals surface area contributed by atoms with Gasteiger partial charge in [0.05, 0.1) is 16.6 Å². The fraction of sp³-hybridized carbons (Fsp3) is 0.333. The van der Waals surface area contributed by atoms with Crippen LogP contribution in [0.4, 0.5) is 0 Å². The van der Waals surface area contributed by atoms with Gasteiger partial charge in [-0.05, 0) is 31.9 Å². The number of aliphatic carboxylic acids is 1. The Bertz CT molecular complexity index is 651. The summed E-state index contributed by atoms with van der Waals surface area (Å²) in [6, 6.07) is 5.38. The number of hydrogen-bond acceptors (Lipinski definition) is 3. The number of carboxylic acid groups (broad SMARTS) is 1. The van der Waals surface area contributed by atoms with Gasteiger partial charge in [0.1, 0.15) is 5.01 Å². The highest BCUT2D eigenvalue weighted by Gasteiger charge is 2.17. The Morgan fingerprint density at radius 3 is 2.70 bits per heavy atom. The number of aryl methyl sites for hydroxylation is 2. The number of rotatable bonds is 4. The molecule has 0 radical (unpaired) electrons. The Morgan fingerprint density at radius 2 is 2.20 bits per heavy atom. The number of carbonyl (C=O) groups is 1. The number of halogens is 1. The van der Waals surface area contributed by atoms with Gasteiger partial charge in [-0.25, -0.2) is 4.98 Å². The van der Waals surface area contributed by atoms with Crippen molar-refractivity contribution in [3.05, 3.63) is 39.4 Å². The van der Waals surface area contributed by atoms with Crippen LogP contribution in [0, 0.1) is 6.92 Å². The highest BCUT2D eigenvalue weighted by atomic mass is 35.5. The van der Waals surface area contributed by atoms with Crippen molar-refractivity contribution in [2.24, 2.45) is 0 Å². The summed E-state index contributed by atoms with van der Waals surface area (Å²) in [5, 5.41) is 10.5. The number of carboxylic acids is 1. The summed E-state index contributed by atoms with van der Waals surface area (Å²) < 4.78 is 0. The number of benzene rings is 1. The maximum atomic E-state index is 11.0. The van der Waals surface area contributed by atoms with Crippen molar-refractivity contribution >= 4 is 28.9 Å². The first-order valence-electron chi connectivity index (χ1n) is 6.43. The maximum Gasteiger partial charge on any atom is 0.310 e. The van der Waals surface area contributed by atoms with Crippen LogP contribution < -0.4 is 0 Å². The van der Waals surface area contributed by atoms with E-state index in [2.05, 4.69) is 18.8 Å². The van der Waals surface area contributed by atoms with Crippen LogP contribution in [0.3, 0.4) is 0 Å². The first-order valence-corrected chi connectivity index (χ1v) is 7.62. The molecule has 0 bridgehead atoms. The van der Waals surface area contributed by atoms with E-state index in [9.17, 15) is 4.79 Å². The zero-order valence-corrected chi connectivity index (χ0v) is 13.2. The molecular weight excluding hydrogens is 294 g/mol. The van der Waals surface area contributed by atoms with Crippen LogP contribution in [-0.4, -0.2) is 16.1 Å². The maximum absolute atomic E-state index is 11.0. The number of hydrogen-bond donors (Lipinski definition) is 1. The third kappa shape index (κ3) is 2.86. The van der Waals surface area contributed by atoms with Crippen LogP contribution in [0.2, 0.25) is 5.02 Å². The van der Waals surface area contributed by atoms with Gasteiger partial charge >= 0.3 is 5.97 Å². The molecule has 1 N–H and O–H groups in total. The van der Waals surface area contributed by atoms with E-state index >= 15 is 0 Å². The topological polar surface area (TPSA) is 50.2 Å². The molecule has 2 aromatic rings. The van der Waals surface area contributed by atoms with Crippen molar-refractivity contribution in [1.29, 1.82) is 0 Å². The lowest BCUT2D eigenvalue weighted by atomic mass is 10.00. The van der Waals surface area contributed by atoms with E-state index in [1.54, 1.807) is 24.3 Å². The third-order valence-corrected chi connectivity index (χ3v) is 4.68. The van der Waals surface area contributed by atoms with Crippen molar-refractivity contribution in [3.63, 3.8) is 0 Å². The minimum atomic E-state index is -0.854. The summed E-state index contributed by atoms with van der Waals surface area (Å²) in [5.74, 6) is -1.42. The molecule has 0 spiro atoms. The average Bonchev–Trinajstić information content (AvgIpc) is 2.78. The lowest BCUT2D eigenvalue weighted by Gasteiger charge is -2.08. The molecule has 1 aromatic heterocycles. The number of nitrogens with zero attached hydrogens (tertiary/aromatic N) is 1. The second-order valence-corrected chi connectivity index (χ2v) is 6.29. The second kappa shape index (κ2) is 5.94. The summed E-state index contributed by atoms with van der Waals surface area (Å²) in [7, 11) is 0. The van der Waals surface area contributed by atoms with Crippen LogP contribution in [0.1, 0.15) is 35.9 Å². The molecule has 106 valence electrons. The van der Waals surface area contributed by atoms with Gasteiger partial charge in [0.2, 0.25) is 0 Å². The molecule has 0 amide bonds. The van der Waals surface area contributed by atoms with Gasteiger partial charge in [0.15, 0.2) is 0 Å². The van der Waals surface area contributed by atoms with Crippen molar-refractivity contribution in [2.45, 2.75) is 33.1 Å². The predicted octanol–water partition coefficient (Wildman–Crippen LogP) is 4.52. The molecule has 0 saturated carbocycles. The first-order chi connectivity index (χ1) is 9.43. The van der Waals surface area contributed by atoms with Gasteiger partial charge in [-0.1, -0.05) is 30.7 Å². The lowest BCUT2D eigenvalue weighted by molar-refractivity contribution is -0.138. The minimum absolute atomic E-state index is 0.548. The molecule has 5 heteroatoms. The monoisotopic (exact) mass is 309 g/mol. The molecule has 0 aliphatic heterocycles. The SMILES string of the molecule is CCc1nc(-c2ccc(C(C)C(=O)O)cc2Cl)sc1C. The molecule has 3 nitrogen and oxygen atoms in total. The zero-order chi connectivity index (χ0) is 14.9. The lowest BCUT2D eigenvalue weighted by Crippen LogP contribution is -2.07. The average molecular weight is 310 g/mol. The summed E-state index contributed by atoms with van der Waals surface area (Å²) in [5.41, 5.74) is 2.65. The Balaban J connectivity index is 2.41. The standard InChI is InChI=1S/C15H16ClNO2S/c1-4-13-9(3)20-14(17-13)11-6-5-10(7-12(11)16)8(2)15(18)19/h5-8H,4H2,1-3H3,(H,18,19). The quantitative estimate of drug-likeness (QED) is 0.903. The fourth-order valence-corrected chi connectivity index (χ4v) is 3.36.